The van der Waals surface area contributed by atoms with Gasteiger partial charge in [-0.2, -0.15) is 0 Å². The van der Waals surface area contributed by atoms with E-state index in [1.165, 1.54) is 17.9 Å². The minimum atomic E-state index is -2.75. The zero-order valence-electron chi connectivity index (χ0n) is 9.30. The Morgan fingerprint density at radius 3 is 2.75 bits per heavy atom. The lowest BCUT2D eigenvalue weighted by atomic mass is 9.67. The summed E-state index contributed by atoms with van der Waals surface area (Å²) < 4.78 is 28.0. The molecule has 1 unspecified atom stereocenters. The molecule has 0 aromatic carbocycles. The highest BCUT2D eigenvalue weighted by Gasteiger charge is 2.64. The van der Waals surface area contributed by atoms with E-state index in [2.05, 4.69) is 11.9 Å². The fraction of sp³-hybridized carbons (Fsp3) is 0.727. The van der Waals surface area contributed by atoms with Crippen LogP contribution < -0.4 is 5.32 Å². The van der Waals surface area contributed by atoms with Gasteiger partial charge in [0.15, 0.2) is 0 Å². The van der Waals surface area contributed by atoms with Gasteiger partial charge in [-0.25, -0.2) is 8.78 Å². The maximum atomic E-state index is 14.0. The third-order valence-electron chi connectivity index (χ3n) is 3.78. The molecule has 5 heteroatoms. The molecule has 16 heavy (non-hydrogen) atoms. The van der Waals surface area contributed by atoms with Gasteiger partial charge in [-0.05, 0) is 26.0 Å². The number of likely N-dealkylation sites (tertiary alicyclic amines) is 1. The van der Waals surface area contributed by atoms with Crippen molar-refractivity contribution in [1.82, 2.24) is 10.2 Å². The Bertz CT molecular complexity index is 324. The molecule has 0 aromatic heterocycles. The number of nitrogens with zero attached hydrogens (tertiary/aromatic N) is 1. The molecule has 3 nitrogen and oxygen atoms in total. The Labute approximate surface area is 93.5 Å². The van der Waals surface area contributed by atoms with Crippen LogP contribution in [-0.4, -0.2) is 42.4 Å². The van der Waals surface area contributed by atoms with Gasteiger partial charge in [-0.3, -0.25) is 4.79 Å². The van der Waals surface area contributed by atoms with Crippen LogP contribution in [0.2, 0.25) is 0 Å². The number of hydrogen-bond donors (Lipinski definition) is 1. The van der Waals surface area contributed by atoms with E-state index in [-0.39, 0.29) is 19.0 Å². The summed E-state index contributed by atoms with van der Waals surface area (Å²) in [5.41, 5.74) is -1.02. The molecule has 2 fully saturated rings. The van der Waals surface area contributed by atoms with Crippen molar-refractivity contribution in [1.29, 1.82) is 0 Å². The fourth-order valence-electron chi connectivity index (χ4n) is 2.62. The van der Waals surface area contributed by atoms with Gasteiger partial charge < -0.3 is 10.2 Å². The standard InChI is InChI=1S/C11H16F2N2O/c1-3-9(16)15-6-10(7-15)4-5-14-8(2)11(10,12)13/h3,8,14H,1,4-7H2,2H3. The van der Waals surface area contributed by atoms with Crippen LogP contribution in [-0.2, 0) is 4.79 Å². The maximum Gasteiger partial charge on any atom is 0.271 e. The van der Waals surface area contributed by atoms with Crippen LogP contribution in [0.1, 0.15) is 13.3 Å². The van der Waals surface area contributed by atoms with Crippen LogP contribution in [0.5, 0.6) is 0 Å². The predicted molar refractivity (Wildman–Crippen MR) is 56.2 cm³/mol. The molecule has 2 saturated heterocycles. The van der Waals surface area contributed by atoms with Gasteiger partial charge in [-0.15, -0.1) is 0 Å². The lowest BCUT2D eigenvalue weighted by Crippen LogP contribution is -2.72. The smallest absolute Gasteiger partial charge is 0.271 e. The Morgan fingerprint density at radius 1 is 1.56 bits per heavy atom. The molecule has 1 N–H and O–H groups in total. The van der Waals surface area contributed by atoms with Crippen molar-refractivity contribution in [2.24, 2.45) is 5.41 Å². The van der Waals surface area contributed by atoms with Gasteiger partial charge in [0.05, 0.1) is 11.5 Å². The molecular formula is C11H16F2N2O. The average molecular weight is 230 g/mol. The van der Waals surface area contributed by atoms with Crippen molar-refractivity contribution >= 4 is 5.91 Å². The summed E-state index contributed by atoms with van der Waals surface area (Å²) in [4.78, 5) is 12.7. The normalized spacial score (nSPS) is 30.9. The quantitative estimate of drug-likeness (QED) is 0.682. The predicted octanol–water partition coefficient (Wildman–Crippen LogP) is 1.02. The van der Waals surface area contributed by atoms with Gasteiger partial charge in [0, 0.05) is 13.1 Å². The Hall–Kier alpha value is -0.970. The summed E-state index contributed by atoms with van der Waals surface area (Å²) >= 11 is 0. The number of rotatable bonds is 1. The van der Waals surface area contributed by atoms with Gasteiger partial charge in [0.25, 0.3) is 5.92 Å². The summed E-state index contributed by atoms with van der Waals surface area (Å²) in [7, 11) is 0. The van der Waals surface area contributed by atoms with Crippen molar-refractivity contribution in [3.63, 3.8) is 0 Å². The van der Waals surface area contributed by atoms with E-state index < -0.39 is 17.4 Å². The largest absolute Gasteiger partial charge is 0.337 e. The van der Waals surface area contributed by atoms with Crippen LogP contribution in [0.15, 0.2) is 12.7 Å². The van der Waals surface area contributed by atoms with Crippen LogP contribution >= 0.6 is 0 Å². The number of piperidine rings is 1. The van der Waals surface area contributed by atoms with E-state index in [4.69, 9.17) is 0 Å². The minimum Gasteiger partial charge on any atom is -0.337 e. The molecule has 1 spiro atoms. The van der Waals surface area contributed by atoms with Crippen LogP contribution in [0, 0.1) is 5.41 Å². The summed E-state index contributed by atoms with van der Waals surface area (Å²) in [5.74, 6) is -3.00. The third kappa shape index (κ3) is 1.38. The zero-order chi connectivity index (χ0) is 12.0. The maximum absolute atomic E-state index is 14.0. The molecule has 2 rings (SSSR count). The molecule has 2 heterocycles. The number of carbonyl (C=O) groups excluding carboxylic acids is 1. The zero-order valence-corrected chi connectivity index (χ0v) is 9.30. The number of hydrogen-bond acceptors (Lipinski definition) is 2. The second kappa shape index (κ2) is 3.52. The molecular weight excluding hydrogens is 214 g/mol. The molecule has 2 aliphatic heterocycles. The average Bonchev–Trinajstić information content (AvgIpc) is 2.18. The number of halogens is 2. The summed E-state index contributed by atoms with van der Waals surface area (Å²) in [5, 5.41) is 2.78. The first-order valence-electron chi connectivity index (χ1n) is 5.45. The van der Waals surface area contributed by atoms with Crippen molar-refractivity contribution in [3.05, 3.63) is 12.7 Å². The monoisotopic (exact) mass is 230 g/mol. The van der Waals surface area contributed by atoms with Gasteiger partial charge >= 0.3 is 0 Å². The Kier molecular flexibility index (Phi) is 2.53. The van der Waals surface area contributed by atoms with Gasteiger partial charge in [0.1, 0.15) is 0 Å². The Morgan fingerprint density at radius 2 is 2.19 bits per heavy atom. The second-order valence-electron chi connectivity index (χ2n) is 4.73. The highest BCUT2D eigenvalue weighted by molar-refractivity contribution is 5.87. The van der Waals surface area contributed by atoms with Gasteiger partial charge in [0.2, 0.25) is 5.91 Å². The summed E-state index contributed by atoms with van der Waals surface area (Å²) in [6.45, 7) is 5.75. The molecule has 0 aromatic rings. The highest BCUT2D eigenvalue weighted by Crippen LogP contribution is 2.50. The first kappa shape index (κ1) is 11.5. The first-order valence-corrected chi connectivity index (χ1v) is 5.45. The third-order valence-corrected chi connectivity index (χ3v) is 3.78. The molecule has 1 atom stereocenters. The lowest BCUT2D eigenvalue weighted by Gasteiger charge is -2.57. The van der Waals surface area contributed by atoms with E-state index in [0.717, 1.165) is 0 Å². The molecule has 0 aliphatic carbocycles. The van der Waals surface area contributed by atoms with Crippen molar-refractivity contribution in [2.45, 2.75) is 25.3 Å². The number of alkyl halides is 2. The molecule has 90 valence electrons. The summed E-state index contributed by atoms with van der Waals surface area (Å²) in [6.07, 6.45) is 1.60. The molecule has 0 bridgehead atoms. The van der Waals surface area contributed by atoms with Crippen molar-refractivity contribution < 1.29 is 13.6 Å². The van der Waals surface area contributed by atoms with Crippen LogP contribution in [0.3, 0.4) is 0 Å². The fourth-order valence-corrected chi connectivity index (χ4v) is 2.62. The molecule has 2 aliphatic rings. The molecule has 0 radical (unpaired) electrons. The van der Waals surface area contributed by atoms with E-state index >= 15 is 0 Å². The SMILES string of the molecule is C=CC(=O)N1CC2(CCNC(C)C2(F)F)C1. The highest BCUT2D eigenvalue weighted by atomic mass is 19.3. The summed E-state index contributed by atoms with van der Waals surface area (Å²) in [6, 6.07) is -0.817. The van der Waals surface area contributed by atoms with E-state index in [1.807, 2.05) is 0 Å². The van der Waals surface area contributed by atoms with E-state index in [9.17, 15) is 13.6 Å². The topological polar surface area (TPSA) is 32.3 Å². The number of amides is 1. The van der Waals surface area contributed by atoms with Crippen molar-refractivity contribution in [2.75, 3.05) is 19.6 Å². The van der Waals surface area contributed by atoms with Crippen molar-refractivity contribution in [3.8, 4) is 0 Å². The second-order valence-corrected chi connectivity index (χ2v) is 4.73. The van der Waals surface area contributed by atoms with Crippen LogP contribution in [0.4, 0.5) is 8.78 Å². The number of nitrogens with one attached hydrogen (secondary N) is 1. The minimum absolute atomic E-state index is 0.150. The number of carbonyl (C=O) groups is 1. The van der Waals surface area contributed by atoms with E-state index in [0.29, 0.717) is 13.0 Å². The Balaban J connectivity index is 2.11. The lowest BCUT2D eigenvalue weighted by molar-refractivity contribution is -0.219. The molecule has 1 amide bonds. The molecule has 0 saturated carbocycles. The van der Waals surface area contributed by atoms with Gasteiger partial charge in [-0.1, -0.05) is 6.58 Å². The van der Waals surface area contributed by atoms with Crippen LogP contribution in [0.25, 0.3) is 0 Å². The van der Waals surface area contributed by atoms with E-state index in [1.54, 1.807) is 0 Å². The first-order chi connectivity index (χ1) is 7.43.